The van der Waals surface area contributed by atoms with Crippen LogP contribution < -0.4 is 5.73 Å². The van der Waals surface area contributed by atoms with E-state index in [9.17, 15) is 4.79 Å². The first-order chi connectivity index (χ1) is 8.43. The Morgan fingerprint density at radius 2 is 2.00 bits per heavy atom. The van der Waals surface area contributed by atoms with Crippen molar-refractivity contribution in [3.05, 3.63) is 0 Å². The quantitative estimate of drug-likeness (QED) is 0.820. The molecule has 0 spiro atoms. The van der Waals surface area contributed by atoms with Crippen LogP contribution in [0.15, 0.2) is 0 Å². The number of hydrogen-bond acceptors (Lipinski definition) is 2. The number of likely N-dealkylation sites (tertiary alicyclic amines) is 1. The number of rotatable bonds is 5. The molecule has 0 aliphatic carbocycles. The third-order valence-corrected chi connectivity index (χ3v) is 4.04. The predicted octanol–water partition coefficient (Wildman–Crippen LogP) is 2.64. The lowest BCUT2D eigenvalue weighted by Crippen LogP contribution is -2.45. The van der Waals surface area contributed by atoms with Gasteiger partial charge in [0, 0.05) is 19.0 Å². The van der Waals surface area contributed by atoms with Gasteiger partial charge in [0.2, 0.25) is 5.91 Å². The van der Waals surface area contributed by atoms with Crippen LogP contribution in [0.2, 0.25) is 0 Å². The summed E-state index contributed by atoms with van der Waals surface area (Å²) in [7, 11) is 0. The maximum Gasteiger partial charge on any atom is 0.223 e. The highest BCUT2D eigenvalue weighted by atomic mass is 16.2. The highest BCUT2D eigenvalue weighted by Gasteiger charge is 2.28. The molecule has 0 aromatic carbocycles. The average molecular weight is 254 g/mol. The van der Waals surface area contributed by atoms with Crippen LogP contribution in [-0.4, -0.2) is 29.9 Å². The Kier molecular flexibility index (Phi) is 6.13. The van der Waals surface area contributed by atoms with Gasteiger partial charge in [-0.15, -0.1) is 0 Å². The maximum atomic E-state index is 12.4. The molecule has 0 aromatic heterocycles. The molecule has 106 valence electrons. The van der Waals surface area contributed by atoms with Gasteiger partial charge in [-0.1, -0.05) is 20.8 Å². The van der Waals surface area contributed by atoms with Crippen LogP contribution in [-0.2, 0) is 4.79 Å². The summed E-state index contributed by atoms with van der Waals surface area (Å²) in [6.45, 7) is 10.3. The van der Waals surface area contributed by atoms with E-state index in [1.165, 1.54) is 6.42 Å². The molecule has 2 unspecified atom stereocenters. The number of carbonyl (C=O) groups is 1. The molecule has 0 bridgehead atoms. The zero-order valence-corrected chi connectivity index (χ0v) is 12.5. The van der Waals surface area contributed by atoms with Crippen molar-refractivity contribution < 1.29 is 4.79 Å². The second-order valence-electron chi connectivity index (χ2n) is 6.51. The molecule has 1 aliphatic rings. The molecule has 1 saturated heterocycles. The van der Waals surface area contributed by atoms with E-state index < -0.39 is 0 Å². The van der Waals surface area contributed by atoms with E-state index in [1.807, 2.05) is 0 Å². The Labute approximate surface area is 112 Å². The van der Waals surface area contributed by atoms with E-state index in [0.29, 0.717) is 42.7 Å². The molecule has 2 N–H and O–H groups in total. The SMILES string of the molecule is CC(C)C[C@H](CN)CC(=O)N1CC(C)CCC1C. The summed E-state index contributed by atoms with van der Waals surface area (Å²) in [5.41, 5.74) is 5.79. The summed E-state index contributed by atoms with van der Waals surface area (Å²) in [5, 5.41) is 0. The Hall–Kier alpha value is -0.570. The summed E-state index contributed by atoms with van der Waals surface area (Å²) in [5.74, 6) is 1.92. The molecule has 1 amide bonds. The third-order valence-electron chi connectivity index (χ3n) is 4.04. The zero-order valence-electron chi connectivity index (χ0n) is 12.5. The van der Waals surface area contributed by atoms with E-state index in [0.717, 1.165) is 19.4 Å². The first kappa shape index (κ1) is 15.5. The Morgan fingerprint density at radius 3 is 2.56 bits per heavy atom. The highest BCUT2D eigenvalue weighted by Crippen LogP contribution is 2.24. The average Bonchev–Trinajstić information content (AvgIpc) is 2.30. The van der Waals surface area contributed by atoms with E-state index in [4.69, 9.17) is 5.73 Å². The van der Waals surface area contributed by atoms with Crippen LogP contribution in [0.4, 0.5) is 0 Å². The minimum atomic E-state index is 0.310. The van der Waals surface area contributed by atoms with Gasteiger partial charge < -0.3 is 10.6 Å². The molecule has 0 radical (unpaired) electrons. The van der Waals surface area contributed by atoms with Crippen molar-refractivity contribution in [2.45, 2.75) is 59.4 Å². The number of nitrogens with two attached hydrogens (primary N) is 1. The Bertz CT molecular complexity index is 265. The summed E-state index contributed by atoms with van der Waals surface area (Å²) < 4.78 is 0. The molecule has 0 saturated carbocycles. The molecular weight excluding hydrogens is 224 g/mol. The fourth-order valence-electron chi connectivity index (χ4n) is 2.93. The molecule has 1 fully saturated rings. The van der Waals surface area contributed by atoms with Crippen LogP contribution in [0, 0.1) is 17.8 Å². The van der Waals surface area contributed by atoms with Crippen molar-refractivity contribution in [1.82, 2.24) is 4.90 Å². The topological polar surface area (TPSA) is 46.3 Å². The molecule has 3 atom stereocenters. The largest absolute Gasteiger partial charge is 0.340 e. The summed E-state index contributed by atoms with van der Waals surface area (Å²) in [6, 6.07) is 0.408. The van der Waals surface area contributed by atoms with E-state index in [-0.39, 0.29) is 0 Å². The van der Waals surface area contributed by atoms with E-state index in [2.05, 4.69) is 32.6 Å². The van der Waals surface area contributed by atoms with Crippen LogP contribution >= 0.6 is 0 Å². The van der Waals surface area contributed by atoms with Gasteiger partial charge in [0.05, 0.1) is 0 Å². The normalized spacial score (nSPS) is 26.4. The number of amides is 1. The first-order valence-corrected chi connectivity index (χ1v) is 7.43. The van der Waals surface area contributed by atoms with Gasteiger partial charge in [-0.25, -0.2) is 0 Å². The smallest absolute Gasteiger partial charge is 0.223 e. The number of carbonyl (C=O) groups excluding carboxylic acids is 1. The zero-order chi connectivity index (χ0) is 13.7. The van der Waals surface area contributed by atoms with Crippen molar-refractivity contribution in [2.24, 2.45) is 23.5 Å². The minimum absolute atomic E-state index is 0.310. The van der Waals surface area contributed by atoms with Crippen LogP contribution in [0.5, 0.6) is 0 Å². The van der Waals surface area contributed by atoms with Crippen LogP contribution in [0.1, 0.15) is 53.4 Å². The molecular formula is C15H30N2O. The van der Waals surface area contributed by atoms with Crippen molar-refractivity contribution in [3.8, 4) is 0 Å². The van der Waals surface area contributed by atoms with Crippen molar-refractivity contribution in [3.63, 3.8) is 0 Å². The van der Waals surface area contributed by atoms with Gasteiger partial charge in [0.15, 0.2) is 0 Å². The number of piperidine rings is 1. The molecule has 1 rings (SSSR count). The van der Waals surface area contributed by atoms with Crippen molar-refractivity contribution >= 4 is 5.91 Å². The van der Waals surface area contributed by atoms with Crippen molar-refractivity contribution in [1.29, 1.82) is 0 Å². The second-order valence-corrected chi connectivity index (χ2v) is 6.51. The lowest BCUT2D eigenvalue weighted by molar-refractivity contribution is -0.136. The molecule has 1 aliphatic heterocycles. The van der Waals surface area contributed by atoms with Gasteiger partial charge in [-0.2, -0.15) is 0 Å². The fraction of sp³-hybridized carbons (Fsp3) is 0.933. The molecule has 3 nitrogen and oxygen atoms in total. The molecule has 18 heavy (non-hydrogen) atoms. The number of hydrogen-bond donors (Lipinski definition) is 1. The number of nitrogens with zero attached hydrogens (tertiary/aromatic N) is 1. The van der Waals surface area contributed by atoms with E-state index in [1.54, 1.807) is 0 Å². The summed E-state index contributed by atoms with van der Waals surface area (Å²) >= 11 is 0. The van der Waals surface area contributed by atoms with Crippen LogP contribution in [0.25, 0.3) is 0 Å². The lowest BCUT2D eigenvalue weighted by atomic mass is 9.91. The minimum Gasteiger partial charge on any atom is -0.340 e. The summed E-state index contributed by atoms with van der Waals surface area (Å²) in [4.78, 5) is 14.5. The second kappa shape index (κ2) is 7.13. The lowest BCUT2D eigenvalue weighted by Gasteiger charge is -2.37. The van der Waals surface area contributed by atoms with Gasteiger partial charge in [-0.05, 0) is 50.5 Å². The molecule has 0 aromatic rings. The fourth-order valence-corrected chi connectivity index (χ4v) is 2.93. The Morgan fingerprint density at radius 1 is 1.33 bits per heavy atom. The molecule has 3 heteroatoms. The summed E-state index contributed by atoms with van der Waals surface area (Å²) in [6.07, 6.45) is 4.08. The predicted molar refractivity (Wildman–Crippen MR) is 76.2 cm³/mol. The monoisotopic (exact) mass is 254 g/mol. The third kappa shape index (κ3) is 4.60. The maximum absolute atomic E-state index is 12.4. The van der Waals surface area contributed by atoms with E-state index >= 15 is 0 Å². The van der Waals surface area contributed by atoms with Gasteiger partial charge in [-0.3, -0.25) is 4.79 Å². The highest BCUT2D eigenvalue weighted by molar-refractivity contribution is 5.77. The molecule has 1 heterocycles. The standard InChI is InChI=1S/C15H30N2O/c1-11(2)7-14(9-16)8-15(18)17-10-12(3)5-6-13(17)4/h11-14H,5-10,16H2,1-4H3/t12?,13?,14-/m0/s1. The Balaban J connectivity index is 2.51. The van der Waals surface area contributed by atoms with Crippen LogP contribution in [0.3, 0.4) is 0 Å². The van der Waals surface area contributed by atoms with Gasteiger partial charge in [0.25, 0.3) is 0 Å². The van der Waals surface area contributed by atoms with Gasteiger partial charge in [0.1, 0.15) is 0 Å². The van der Waals surface area contributed by atoms with Crippen molar-refractivity contribution in [2.75, 3.05) is 13.1 Å². The van der Waals surface area contributed by atoms with Gasteiger partial charge >= 0.3 is 0 Å². The first-order valence-electron chi connectivity index (χ1n) is 7.43.